The molecule has 1 atom stereocenters. The van der Waals surface area contributed by atoms with Gasteiger partial charge in [0.25, 0.3) is 0 Å². The molecule has 0 aliphatic rings. The number of carboxylic acid groups (broad SMARTS) is 1. The monoisotopic (exact) mass is 230 g/mol. The van der Waals surface area contributed by atoms with E-state index < -0.39 is 17.4 Å². The van der Waals surface area contributed by atoms with Crippen molar-refractivity contribution in [3.63, 3.8) is 0 Å². The molecule has 0 rings (SSSR count). The number of nitrogens with zero attached hydrogens (tertiary/aromatic N) is 1. The quantitative estimate of drug-likeness (QED) is 0.686. The molecule has 0 spiro atoms. The van der Waals surface area contributed by atoms with Crippen LogP contribution in [0.5, 0.6) is 0 Å². The van der Waals surface area contributed by atoms with E-state index in [1.165, 1.54) is 25.8 Å². The van der Waals surface area contributed by atoms with Gasteiger partial charge in [-0.25, -0.2) is 4.79 Å². The van der Waals surface area contributed by atoms with Gasteiger partial charge in [-0.3, -0.25) is 9.59 Å². The Labute approximate surface area is 94.6 Å². The number of hydrogen-bond donors (Lipinski definition) is 2. The fourth-order valence-corrected chi connectivity index (χ4v) is 0.967. The van der Waals surface area contributed by atoms with Gasteiger partial charge in [0.2, 0.25) is 11.8 Å². The molecule has 0 bridgehead atoms. The molecule has 0 aromatic rings. The fourth-order valence-electron chi connectivity index (χ4n) is 0.967. The van der Waals surface area contributed by atoms with Crippen LogP contribution in [0.3, 0.4) is 0 Å². The van der Waals surface area contributed by atoms with Gasteiger partial charge in [0.05, 0.1) is 6.54 Å². The minimum Gasteiger partial charge on any atom is -0.480 e. The van der Waals surface area contributed by atoms with Gasteiger partial charge >= 0.3 is 5.97 Å². The van der Waals surface area contributed by atoms with Crippen LogP contribution in [0, 0.1) is 0 Å². The summed E-state index contributed by atoms with van der Waals surface area (Å²) in [6.07, 6.45) is 0.276. The number of carbonyl (C=O) groups excluding carboxylic acids is 2. The Balaban J connectivity index is 4.44. The van der Waals surface area contributed by atoms with E-state index in [0.717, 1.165) is 0 Å². The zero-order chi connectivity index (χ0) is 12.9. The zero-order valence-electron chi connectivity index (χ0n) is 10.0. The maximum atomic E-state index is 11.5. The second-order valence-corrected chi connectivity index (χ2v) is 3.91. The van der Waals surface area contributed by atoms with Crippen LogP contribution in [0.2, 0.25) is 0 Å². The smallest absolute Gasteiger partial charge is 0.329 e. The average Bonchev–Trinajstić information content (AvgIpc) is 2.16. The first-order valence-electron chi connectivity index (χ1n) is 4.99. The molecular weight excluding hydrogens is 212 g/mol. The molecule has 0 saturated heterocycles. The molecule has 0 heterocycles. The highest BCUT2D eigenvalue weighted by Crippen LogP contribution is 2.08. The van der Waals surface area contributed by atoms with Crippen LogP contribution in [0.15, 0.2) is 0 Å². The van der Waals surface area contributed by atoms with Gasteiger partial charge in [0, 0.05) is 14.0 Å². The van der Waals surface area contributed by atoms with Gasteiger partial charge in [-0.05, 0) is 13.3 Å². The Kier molecular flexibility index (Phi) is 4.94. The van der Waals surface area contributed by atoms with E-state index in [-0.39, 0.29) is 18.9 Å². The van der Waals surface area contributed by atoms with Crippen LogP contribution in [0.25, 0.3) is 0 Å². The lowest BCUT2D eigenvalue weighted by atomic mass is 9.99. The molecule has 2 amide bonds. The lowest BCUT2D eigenvalue weighted by molar-refractivity contribution is -0.147. The summed E-state index contributed by atoms with van der Waals surface area (Å²) in [5.74, 6) is -1.82. The van der Waals surface area contributed by atoms with E-state index in [9.17, 15) is 14.4 Å². The number of carbonyl (C=O) groups is 3. The number of nitrogens with one attached hydrogen (secondary N) is 1. The number of amides is 2. The topological polar surface area (TPSA) is 86.7 Å². The van der Waals surface area contributed by atoms with E-state index in [1.807, 2.05) is 0 Å². The van der Waals surface area contributed by atoms with Gasteiger partial charge in [0.1, 0.15) is 5.54 Å². The molecule has 0 saturated carbocycles. The maximum Gasteiger partial charge on any atom is 0.329 e. The van der Waals surface area contributed by atoms with Crippen molar-refractivity contribution < 1.29 is 19.5 Å². The Hall–Kier alpha value is -1.59. The van der Waals surface area contributed by atoms with E-state index in [0.29, 0.717) is 0 Å². The van der Waals surface area contributed by atoms with Crippen molar-refractivity contribution in [1.82, 2.24) is 10.2 Å². The van der Waals surface area contributed by atoms with Crippen molar-refractivity contribution in [2.45, 2.75) is 32.7 Å². The summed E-state index contributed by atoms with van der Waals surface area (Å²) in [5.41, 5.74) is -1.28. The van der Waals surface area contributed by atoms with Crippen LogP contribution in [0.4, 0.5) is 0 Å². The normalized spacial score (nSPS) is 13.8. The number of rotatable bonds is 5. The van der Waals surface area contributed by atoms with Crippen LogP contribution in [0.1, 0.15) is 27.2 Å². The maximum absolute atomic E-state index is 11.5. The molecule has 2 N–H and O–H groups in total. The third-order valence-corrected chi connectivity index (χ3v) is 2.51. The molecule has 0 aliphatic heterocycles. The average molecular weight is 230 g/mol. The third kappa shape index (κ3) is 3.88. The molecule has 0 fully saturated rings. The molecular formula is C10H18N2O4. The van der Waals surface area contributed by atoms with Crippen molar-refractivity contribution in [2.75, 3.05) is 13.6 Å². The Morgan fingerprint density at radius 2 is 1.88 bits per heavy atom. The molecule has 0 aromatic heterocycles. The molecule has 1 unspecified atom stereocenters. The van der Waals surface area contributed by atoms with E-state index in [2.05, 4.69) is 5.32 Å². The highest BCUT2D eigenvalue weighted by molar-refractivity contribution is 5.89. The number of aliphatic carboxylic acids is 1. The van der Waals surface area contributed by atoms with Gasteiger partial charge < -0.3 is 15.3 Å². The number of carboxylic acids is 1. The standard InChI is InChI=1S/C10H18N2O4/c1-5-10(3,9(15)16)11-8(14)6-12(4)7(2)13/h5-6H2,1-4H3,(H,11,14)(H,15,16). The largest absolute Gasteiger partial charge is 0.480 e. The highest BCUT2D eigenvalue weighted by Gasteiger charge is 2.32. The van der Waals surface area contributed by atoms with Crippen LogP contribution < -0.4 is 5.32 Å². The van der Waals surface area contributed by atoms with Crippen LogP contribution >= 0.6 is 0 Å². The Morgan fingerprint density at radius 1 is 1.38 bits per heavy atom. The van der Waals surface area contributed by atoms with Crippen molar-refractivity contribution in [3.05, 3.63) is 0 Å². The lowest BCUT2D eigenvalue weighted by Crippen LogP contribution is -2.54. The summed E-state index contributed by atoms with van der Waals surface area (Å²) in [7, 11) is 1.48. The molecule has 92 valence electrons. The Morgan fingerprint density at radius 3 is 2.19 bits per heavy atom. The second-order valence-electron chi connectivity index (χ2n) is 3.91. The van der Waals surface area contributed by atoms with Gasteiger partial charge in [-0.15, -0.1) is 0 Å². The fraction of sp³-hybridized carbons (Fsp3) is 0.700. The van der Waals surface area contributed by atoms with Gasteiger partial charge in [0.15, 0.2) is 0 Å². The van der Waals surface area contributed by atoms with E-state index in [4.69, 9.17) is 5.11 Å². The summed E-state index contributed by atoms with van der Waals surface area (Å²) in [5, 5.41) is 11.3. The second kappa shape index (κ2) is 5.48. The molecule has 6 nitrogen and oxygen atoms in total. The van der Waals surface area contributed by atoms with Gasteiger partial charge in [-0.1, -0.05) is 6.92 Å². The zero-order valence-corrected chi connectivity index (χ0v) is 10.0. The SMILES string of the molecule is CCC(C)(NC(=O)CN(C)C(C)=O)C(=O)O. The summed E-state index contributed by atoms with van der Waals surface area (Å²) >= 11 is 0. The predicted molar refractivity (Wildman–Crippen MR) is 57.8 cm³/mol. The summed E-state index contributed by atoms with van der Waals surface area (Å²) in [4.78, 5) is 34.5. The van der Waals surface area contributed by atoms with Crippen molar-refractivity contribution in [2.24, 2.45) is 0 Å². The molecule has 16 heavy (non-hydrogen) atoms. The van der Waals surface area contributed by atoms with E-state index >= 15 is 0 Å². The minimum atomic E-state index is -1.28. The van der Waals surface area contributed by atoms with Crippen molar-refractivity contribution >= 4 is 17.8 Å². The van der Waals surface area contributed by atoms with Gasteiger partial charge in [-0.2, -0.15) is 0 Å². The Bertz CT molecular complexity index is 303. The first kappa shape index (κ1) is 14.4. The summed E-state index contributed by atoms with van der Waals surface area (Å²) in [6, 6.07) is 0. The summed E-state index contributed by atoms with van der Waals surface area (Å²) < 4.78 is 0. The van der Waals surface area contributed by atoms with Crippen molar-refractivity contribution in [1.29, 1.82) is 0 Å². The van der Waals surface area contributed by atoms with Crippen LogP contribution in [-0.2, 0) is 14.4 Å². The minimum absolute atomic E-state index is 0.141. The van der Waals surface area contributed by atoms with Crippen LogP contribution in [-0.4, -0.2) is 46.9 Å². The molecule has 0 radical (unpaired) electrons. The number of likely N-dealkylation sites (N-methyl/N-ethyl adjacent to an activating group) is 1. The van der Waals surface area contributed by atoms with E-state index in [1.54, 1.807) is 6.92 Å². The highest BCUT2D eigenvalue weighted by atomic mass is 16.4. The predicted octanol–water partition coefficient (Wildman–Crippen LogP) is -0.166. The molecule has 0 aromatic carbocycles. The molecule has 0 aliphatic carbocycles. The number of hydrogen-bond acceptors (Lipinski definition) is 3. The lowest BCUT2D eigenvalue weighted by Gasteiger charge is -2.25. The first-order chi connectivity index (χ1) is 7.23. The third-order valence-electron chi connectivity index (χ3n) is 2.51. The van der Waals surface area contributed by atoms with Crippen molar-refractivity contribution in [3.8, 4) is 0 Å². The summed E-state index contributed by atoms with van der Waals surface area (Å²) in [6.45, 7) is 4.30. The molecule has 6 heteroatoms. The first-order valence-corrected chi connectivity index (χ1v) is 4.99.